The summed E-state index contributed by atoms with van der Waals surface area (Å²) in [5.74, 6) is 2.10. The average molecular weight is 270 g/mol. The molecule has 1 aliphatic heterocycles. The highest BCUT2D eigenvalue weighted by Gasteiger charge is 2.45. The molecule has 3 heteroatoms. The molecule has 1 saturated carbocycles. The van der Waals surface area contributed by atoms with Crippen molar-refractivity contribution in [1.82, 2.24) is 4.90 Å². The van der Waals surface area contributed by atoms with Gasteiger partial charge in [0.05, 0.1) is 0 Å². The molecule has 1 heterocycles. The first-order valence-electron chi connectivity index (χ1n) is 7.63. The normalized spacial score (nSPS) is 37.7. The van der Waals surface area contributed by atoms with Crippen molar-refractivity contribution in [2.24, 2.45) is 11.7 Å². The molecule has 0 aromatic rings. The van der Waals surface area contributed by atoms with E-state index in [9.17, 15) is 0 Å². The van der Waals surface area contributed by atoms with Crippen LogP contribution in [0, 0.1) is 5.92 Å². The van der Waals surface area contributed by atoms with Gasteiger partial charge in [-0.3, -0.25) is 4.90 Å². The standard InChI is InChI=1S/C15H30N2S/c1-4-13-6-5-7-15(13,12-16)17-9-8-14(2,3)18-11-10-17/h13H,4-12,16H2,1-3H3. The van der Waals surface area contributed by atoms with E-state index in [1.807, 2.05) is 0 Å². The quantitative estimate of drug-likeness (QED) is 0.854. The van der Waals surface area contributed by atoms with E-state index in [0.717, 1.165) is 12.5 Å². The summed E-state index contributed by atoms with van der Waals surface area (Å²) in [5.41, 5.74) is 6.56. The van der Waals surface area contributed by atoms with E-state index in [1.165, 1.54) is 50.9 Å². The topological polar surface area (TPSA) is 29.3 Å². The zero-order valence-electron chi connectivity index (χ0n) is 12.4. The van der Waals surface area contributed by atoms with Crippen LogP contribution < -0.4 is 5.73 Å². The Kier molecular flexibility index (Phi) is 4.66. The molecule has 0 radical (unpaired) electrons. The van der Waals surface area contributed by atoms with Gasteiger partial charge in [0.15, 0.2) is 0 Å². The van der Waals surface area contributed by atoms with Gasteiger partial charge in [-0.05, 0) is 25.2 Å². The number of hydrogen-bond acceptors (Lipinski definition) is 3. The maximum absolute atomic E-state index is 6.24. The van der Waals surface area contributed by atoms with Crippen LogP contribution in [0.1, 0.15) is 52.9 Å². The van der Waals surface area contributed by atoms with Gasteiger partial charge in [-0.1, -0.05) is 33.6 Å². The molecule has 0 spiro atoms. The molecular formula is C15H30N2S. The predicted octanol–water partition coefficient (Wildman–Crippen LogP) is 3.11. The number of hydrogen-bond donors (Lipinski definition) is 1. The Labute approximate surface area is 117 Å². The molecule has 18 heavy (non-hydrogen) atoms. The van der Waals surface area contributed by atoms with Crippen molar-refractivity contribution in [2.75, 3.05) is 25.4 Å². The van der Waals surface area contributed by atoms with E-state index in [4.69, 9.17) is 5.73 Å². The molecule has 0 bridgehead atoms. The van der Waals surface area contributed by atoms with Crippen LogP contribution in [0.5, 0.6) is 0 Å². The van der Waals surface area contributed by atoms with Gasteiger partial charge in [-0.2, -0.15) is 11.8 Å². The molecule has 0 aromatic carbocycles. The Morgan fingerprint density at radius 3 is 2.72 bits per heavy atom. The first kappa shape index (κ1) is 14.7. The SMILES string of the molecule is CCC1CCCC1(CN)N1CCSC(C)(C)CC1. The molecule has 2 rings (SSSR count). The molecule has 2 fully saturated rings. The first-order valence-corrected chi connectivity index (χ1v) is 8.62. The van der Waals surface area contributed by atoms with Gasteiger partial charge in [-0.15, -0.1) is 0 Å². The van der Waals surface area contributed by atoms with Crippen molar-refractivity contribution in [1.29, 1.82) is 0 Å². The minimum absolute atomic E-state index is 0.329. The molecule has 2 unspecified atom stereocenters. The van der Waals surface area contributed by atoms with Crippen LogP contribution in [0.25, 0.3) is 0 Å². The zero-order valence-corrected chi connectivity index (χ0v) is 13.2. The molecule has 0 aromatic heterocycles. The van der Waals surface area contributed by atoms with Crippen LogP contribution >= 0.6 is 11.8 Å². The average Bonchev–Trinajstić information content (AvgIpc) is 2.68. The van der Waals surface area contributed by atoms with E-state index in [-0.39, 0.29) is 0 Å². The van der Waals surface area contributed by atoms with E-state index >= 15 is 0 Å². The second-order valence-corrected chi connectivity index (χ2v) is 8.45. The Balaban J connectivity index is 2.12. The second-order valence-electron chi connectivity index (χ2n) is 6.65. The third kappa shape index (κ3) is 2.73. The Morgan fingerprint density at radius 1 is 1.28 bits per heavy atom. The molecule has 2 N–H and O–H groups in total. The minimum Gasteiger partial charge on any atom is -0.329 e. The highest BCUT2D eigenvalue weighted by Crippen LogP contribution is 2.43. The Bertz CT molecular complexity index is 280. The molecule has 1 saturated heterocycles. The fraction of sp³-hybridized carbons (Fsp3) is 1.00. The Morgan fingerprint density at radius 2 is 2.06 bits per heavy atom. The summed E-state index contributed by atoms with van der Waals surface area (Å²) in [5, 5.41) is 0. The maximum Gasteiger partial charge on any atom is 0.0360 e. The van der Waals surface area contributed by atoms with Gasteiger partial charge >= 0.3 is 0 Å². The smallest absolute Gasteiger partial charge is 0.0360 e. The van der Waals surface area contributed by atoms with Gasteiger partial charge in [0, 0.05) is 35.7 Å². The highest BCUT2D eigenvalue weighted by atomic mass is 32.2. The van der Waals surface area contributed by atoms with Crippen LogP contribution in [0.4, 0.5) is 0 Å². The fourth-order valence-corrected chi connectivity index (χ4v) is 5.09. The maximum atomic E-state index is 6.24. The van der Waals surface area contributed by atoms with Gasteiger partial charge in [0.25, 0.3) is 0 Å². The van der Waals surface area contributed by atoms with E-state index in [0.29, 0.717) is 10.3 Å². The molecule has 1 aliphatic carbocycles. The number of nitrogens with two attached hydrogens (primary N) is 1. The first-order chi connectivity index (χ1) is 8.54. The summed E-state index contributed by atoms with van der Waals surface area (Å²) in [7, 11) is 0. The highest BCUT2D eigenvalue weighted by molar-refractivity contribution is 8.00. The lowest BCUT2D eigenvalue weighted by Gasteiger charge is -2.44. The summed E-state index contributed by atoms with van der Waals surface area (Å²) in [4.78, 5) is 2.76. The van der Waals surface area contributed by atoms with E-state index in [2.05, 4.69) is 37.4 Å². The number of thioether (sulfide) groups is 1. The lowest BCUT2D eigenvalue weighted by Crippen LogP contribution is -2.57. The van der Waals surface area contributed by atoms with E-state index in [1.54, 1.807) is 0 Å². The number of rotatable bonds is 3. The van der Waals surface area contributed by atoms with Gasteiger partial charge in [-0.25, -0.2) is 0 Å². The van der Waals surface area contributed by atoms with Gasteiger partial charge < -0.3 is 5.73 Å². The summed E-state index contributed by atoms with van der Waals surface area (Å²) < 4.78 is 0.449. The van der Waals surface area contributed by atoms with Gasteiger partial charge in [0.1, 0.15) is 0 Å². The third-order valence-electron chi connectivity index (χ3n) is 5.24. The summed E-state index contributed by atoms with van der Waals surface area (Å²) in [6.07, 6.45) is 6.69. The van der Waals surface area contributed by atoms with E-state index < -0.39 is 0 Å². The molecule has 2 atom stereocenters. The molecule has 2 nitrogen and oxygen atoms in total. The summed E-state index contributed by atoms with van der Waals surface area (Å²) in [6, 6.07) is 0. The minimum atomic E-state index is 0.329. The van der Waals surface area contributed by atoms with Crippen molar-refractivity contribution >= 4 is 11.8 Å². The molecule has 106 valence electrons. The summed E-state index contributed by atoms with van der Waals surface area (Å²) in [6.45, 7) is 10.5. The van der Waals surface area contributed by atoms with Crippen molar-refractivity contribution < 1.29 is 0 Å². The van der Waals surface area contributed by atoms with Crippen LogP contribution in [0.2, 0.25) is 0 Å². The number of nitrogens with zero attached hydrogens (tertiary/aromatic N) is 1. The molecule has 2 aliphatic rings. The third-order valence-corrected chi connectivity index (χ3v) is 6.61. The van der Waals surface area contributed by atoms with Crippen LogP contribution in [-0.2, 0) is 0 Å². The van der Waals surface area contributed by atoms with Crippen molar-refractivity contribution in [3.63, 3.8) is 0 Å². The lowest BCUT2D eigenvalue weighted by molar-refractivity contribution is 0.0605. The second kappa shape index (κ2) is 5.72. The largest absolute Gasteiger partial charge is 0.329 e. The monoisotopic (exact) mass is 270 g/mol. The van der Waals surface area contributed by atoms with Crippen molar-refractivity contribution in [3.8, 4) is 0 Å². The van der Waals surface area contributed by atoms with Crippen molar-refractivity contribution in [2.45, 2.75) is 63.2 Å². The molecule has 0 amide bonds. The summed E-state index contributed by atoms with van der Waals surface area (Å²) >= 11 is 2.14. The van der Waals surface area contributed by atoms with Crippen LogP contribution in [0.15, 0.2) is 0 Å². The van der Waals surface area contributed by atoms with Crippen LogP contribution in [0.3, 0.4) is 0 Å². The fourth-order valence-electron chi connectivity index (χ4n) is 3.99. The zero-order chi connectivity index (χ0) is 13.2. The predicted molar refractivity (Wildman–Crippen MR) is 82.1 cm³/mol. The molecular weight excluding hydrogens is 240 g/mol. The van der Waals surface area contributed by atoms with Crippen molar-refractivity contribution in [3.05, 3.63) is 0 Å². The van der Waals surface area contributed by atoms with Gasteiger partial charge in [0.2, 0.25) is 0 Å². The Hall–Kier alpha value is 0.270. The van der Waals surface area contributed by atoms with Crippen LogP contribution in [-0.4, -0.2) is 40.6 Å². The lowest BCUT2D eigenvalue weighted by atomic mass is 9.83.